The minimum Gasteiger partial charge on any atom is -0.396 e. The monoisotopic (exact) mass is 185 g/mol. The van der Waals surface area contributed by atoms with Crippen molar-refractivity contribution in [3.63, 3.8) is 0 Å². The highest BCUT2D eigenvalue weighted by Crippen LogP contribution is 2.23. The Labute approximate surface area is 77.5 Å². The van der Waals surface area contributed by atoms with Gasteiger partial charge < -0.3 is 5.11 Å². The molecule has 0 radical (unpaired) electrons. The van der Waals surface area contributed by atoms with E-state index in [9.17, 15) is 9.59 Å². The maximum absolute atomic E-state index is 11.5. The first-order valence-electron chi connectivity index (χ1n) is 4.54. The molecule has 4 nitrogen and oxygen atoms in total. The Morgan fingerprint density at radius 3 is 2.54 bits per heavy atom. The normalized spacial score (nSPS) is 23.4. The van der Waals surface area contributed by atoms with Crippen molar-refractivity contribution in [1.82, 2.24) is 4.90 Å². The molecule has 1 saturated heterocycles. The number of carbonyl (C=O) groups excluding carboxylic acids is 2. The van der Waals surface area contributed by atoms with Crippen molar-refractivity contribution in [3.8, 4) is 0 Å². The zero-order chi connectivity index (χ0) is 10.0. The third-order valence-corrected chi connectivity index (χ3v) is 2.27. The fourth-order valence-corrected chi connectivity index (χ4v) is 1.64. The van der Waals surface area contributed by atoms with Gasteiger partial charge in [-0.05, 0) is 20.3 Å². The Hall–Kier alpha value is -0.900. The molecule has 1 atom stereocenters. The van der Waals surface area contributed by atoms with E-state index < -0.39 is 0 Å². The molecule has 4 heteroatoms. The van der Waals surface area contributed by atoms with Crippen LogP contribution in [0.5, 0.6) is 0 Å². The van der Waals surface area contributed by atoms with Gasteiger partial charge in [0.2, 0.25) is 11.8 Å². The minimum atomic E-state index is -0.292. The molecular formula is C9H15NO3. The van der Waals surface area contributed by atoms with Crippen LogP contribution in [0.15, 0.2) is 0 Å². The summed E-state index contributed by atoms with van der Waals surface area (Å²) in [7, 11) is 0. The van der Waals surface area contributed by atoms with E-state index in [-0.39, 0.29) is 36.8 Å². The van der Waals surface area contributed by atoms with Crippen LogP contribution in [0.1, 0.15) is 26.7 Å². The first kappa shape index (κ1) is 10.2. The summed E-state index contributed by atoms with van der Waals surface area (Å²) >= 11 is 0. The van der Waals surface area contributed by atoms with Crippen LogP contribution in [0.25, 0.3) is 0 Å². The Bertz CT molecular complexity index is 225. The van der Waals surface area contributed by atoms with E-state index in [1.165, 1.54) is 4.90 Å². The van der Waals surface area contributed by atoms with Crippen molar-refractivity contribution < 1.29 is 14.7 Å². The maximum Gasteiger partial charge on any atom is 0.233 e. The number of rotatable bonds is 3. The fourth-order valence-electron chi connectivity index (χ4n) is 1.64. The average molecular weight is 185 g/mol. The lowest BCUT2D eigenvalue weighted by Gasteiger charge is -2.18. The number of imide groups is 1. The highest BCUT2D eigenvalue weighted by atomic mass is 16.3. The number of hydrogen-bond donors (Lipinski definition) is 1. The quantitative estimate of drug-likeness (QED) is 0.637. The van der Waals surface area contributed by atoms with Crippen LogP contribution in [0, 0.1) is 5.92 Å². The van der Waals surface area contributed by atoms with Crippen LogP contribution in [0.4, 0.5) is 0 Å². The van der Waals surface area contributed by atoms with Crippen molar-refractivity contribution in [3.05, 3.63) is 0 Å². The van der Waals surface area contributed by atoms with Crippen LogP contribution in [-0.2, 0) is 9.59 Å². The summed E-state index contributed by atoms with van der Waals surface area (Å²) in [6, 6.07) is -0.0660. The summed E-state index contributed by atoms with van der Waals surface area (Å²) in [4.78, 5) is 24.2. The lowest BCUT2D eigenvalue weighted by atomic mass is 10.1. The summed E-state index contributed by atoms with van der Waals surface area (Å²) in [6.45, 7) is 3.60. The van der Waals surface area contributed by atoms with Gasteiger partial charge in [0.15, 0.2) is 0 Å². The highest BCUT2D eigenvalue weighted by Gasteiger charge is 2.39. The van der Waals surface area contributed by atoms with Crippen LogP contribution in [-0.4, -0.2) is 34.5 Å². The molecule has 0 aromatic carbocycles. The number of carbonyl (C=O) groups is 2. The summed E-state index contributed by atoms with van der Waals surface area (Å²) < 4.78 is 0. The molecule has 1 N–H and O–H groups in total. The van der Waals surface area contributed by atoms with Crippen molar-refractivity contribution in [2.75, 3.05) is 6.61 Å². The molecule has 1 aliphatic rings. The molecule has 0 saturated carbocycles. The molecule has 0 bridgehead atoms. The second-order valence-corrected chi connectivity index (χ2v) is 3.61. The molecule has 2 amide bonds. The third kappa shape index (κ3) is 1.88. The number of likely N-dealkylation sites (tertiary alicyclic amines) is 1. The average Bonchev–Trinajstić information content (AvgIpc) is 2.28. The summed E-state index contributed by atoms with van der Waals surface area (Å²) in [5.74, 6) is -0.535. The molecule has 0 aromatic heterocycles. The number of amides is 2. The molecule has 13 heavy (non-hydrogen) atoms. The largest absolute Gasteiger partial charge is 0.396 e. The van der Waals surface area contributed by atoms with Gasteiger partial charge in [-0.25, -0.2) is 0 Å². The van der Waals surface area contributed by atoms with Crippen LogP contribution >= 0.6 is 0 Å². The summed E-state index contributed by atoms with van der Waals surface area (Å²) in [5.41, 5.74) is 0. The lowest BCUT2D eigenvalue weighted by Crippen LogP contribution is -2.36. The van der Waals surface area contributed by atoms with Crippen molar-refractivity contribution in [2.24, 2.45) is 5.92 Å². The van der Waals surface area contributed by atoms with E-state index in [0.29, 0.717) is 6.42 Å². The SMILES string of the molecule is CC(C)N1C(=O)CC(CCO)C1=O. The van der Waals surface area contributed by atoms with Gasteiger partial charge in [-0.2, -0.15) is 0 Å². The molecule has 1 unspecified atom stereocenters. The standard InChI is InChI=1S/C9H15NO3/c1-6(2)10-8(12)5-7(3-4-11)9(10)13/h6-7,11H,3-5H2,1-2H3. The van der Waals surface area contributed by atoms with Crippen molar-refractivity contribution >= 4 is 11.8 Å². The van der Waals surface area contributed by atoms with E-state index in [1.807, 2.05) is 13.8 Å². The Morgan fingerprint density at radius 1 is 1.54 bits per heavy atom. The lowest BCUT2D eigenvalue weighted by molar-refractivity contribution is -0.141. The smallest absolute Gasteiger partial charge is 0.233 e. The molecule has 1 rings (SSSR count). The van der Waals surface area contributed by atoms with E-state index in [1.54, 1.807) is 0 Å². The zero-order valence-electron chi connectivity index (χ0n) is 7.99. The predicted molar refractivity (Wildman–Crippen MR) is 46.8 cm³/mol. The molecule has 1 fully saturated rings. The third-order valence-electron chi connectivity index (χ3n) is 2.27. The first-order valence-corrected chi connectivity index (χ1v) is 4.54. The number of nitrogens with zero attached hydrogens (tertiary/aromatic N) is 1. The van der Waals surface area contributed by atoms with Gasteiger partial charge in [0.1, 0.15) is 0 Å². The van der Waals surface area contributed by atoms with Crippen LogP contribution in [0.3, 0.4) is 0 Å². The topological polar surface area (TPSA) is 57.6 Å². The van der Waals surface area contributed by atoms with Gasteiger partial charge in [0.05, 0.1) is 0 Å². The van der Waals surface area contributed by atoms with Crippen molar-refractivity contribution in [1.29, 1.82) is 0 Å². The van der Waals surface area contributed by atoms with Crippen LogP contribution < -0.4 is 0 Å². The van der Waals surface area contributed by atoms with E-state index in [4.69, 9.17) is 5.11 Å². The molecule has 1 heterocycles. The predicted octanol–water partition coefficient (Wildman–Crippen LogP) is 0.152. The zero-order valence-corrected chi connectivity index (χ0v) is 7.99. The summed E-state index contributed by atoms with van der Waals surface area (Å²) in [5, 5.41) is 8.67. The molecule has 0 spiro atoms. The van der Waals surface area contributed by atoms with Crippen molar-refractivity contribution in [2.45, 2.75) is 32.7 Å². The Morgan fingerprint density at radius 2 is 2.15 bits per heavy atom. The van der Waals surface area contributed by atoms with Gasteiger partial charge in [-0.1, -0.05) is 0 Å². The molecule has 0 aromatic rings. The molecule has 74 valence electrons. The van der Waals surface area contributed by atoms with Gasteiger partial charge in [0.25, 0.3) is 0 Å². The van der Waals surface area contributed by atoms with Gasteiger partial charge in [0, 0.05) is 25.0 Å². The fraction of sp³-hybridized carbons (Fsp3) is 0.778. The summed E-state index contributed by atoms with van der Waals surface area (Å²) in [6.07, 6.45) is 0.658. The van der Waals surface area contributed by atoms with Gasteiger partial charge in [-0.15, -0.1) is 0 Å². The van der Waals surface area contributed by atoms with Crippen LogP contribution in [0.2, 0.25) is 0 Å². The van der Waals surface area contributed by atoms with Gasteiger partial charge >= 0.3 is 0 Å². The molecular weight excluding hydrogens is 170 g/mol. The first-order chi connectivity index (χ1) is 6.07. The second-order valence-electron chi connectivity index (χ2n) is 3.61. The van der Waals surface area contributed by atoms with E-state index in [2.05, 4.69) is 0 Å². The van der Waals surface area contributed by atoms with E-state index >= 15 is 0 Å². The highest BCUT2D eigenvalue weighted by molar-refractivity contribution is 6.03. The Balaban J connectivity index is 2.70. The maximum atomic E-state index is 11.5. The van der Waals surface area contributed by atoms with Gasteiger partial charge in [-0.3, -0.25) is 14.5 Å². The molecule has 1 aliphatic heterocycles. The Kier molecular flexibility index (Phi) is 3.03. The van der Waals surface area contributed by atoms with E-state index in [0.717, 1.165) is 0 Å². The number of hydrogen-bond acceptors (Lipinski definition) is 3. The minimum absolute atomic E-state index is 0.0321. The number of aliphatic hydroxyl groups is 1. The number of aliphatic hydroxyl groups excluding tert-OH is 1. The molecule has 0 aliphatic carbocycles. The second kappa shape index (κ2) is 3.87.